The van der Waals surface area contributed by atoms with E-state index in [1.165, 1.54) is 0 Å². The molecular formula is C14H20N2O2. The van der Waals surface area contributed by atoms with Crippen molar-refractivity contribution in [3.8, 4) is 0 Å². The largest absolute Gasteiger partial charge is 0.380 e. The monoisotopic (exact) mass is 248 g/mol. The molecule has 2 N–H and O–H groups in total. The van der Waals surface area contributed by atoms with E-state index < -0.39 is 6.04 Å². The lowest BCUT2D eigenvalue weighted by Crippen LogP contribution is -2.44. The molecule has 1 saturated heterocycles. The van der Waals surface area contributed by atoms with E-state index in [1.807, 2.05) is 35.2 Å². The second kappa shape index (κ2) is 5.98. The molecule has 1 unspecified atom stereocenters. The molecule has 0 saturated carbocycles. The van der Waals surface area contributed by atoms with Crippen LogP contribution in [0.4, 0.5) is 0 Å². The van der Waals surface area contributed by atoms with Crippen LogP contribution in [0.5, 0.6) is 0 Å². The molecule has 1 amide bonds. The van der Waals surface area contributed by atoms with Crippen LogP contribution in [0.15, 0.2) is 30.3 Å². The predicted molar refractivity (Wildman–Crippen MR) is 70.1 cm³/mol. The summed E-state index contributed by atoms with van der Waals surface area (Å²) in [4.78, 5) is 14.0. The highest BCUT2D eigenvalue weighted by molar-refractivity contribution is 5.82. The molecule has 1 fully saturated rings. The van der Waals surface area contributed by atoms with Gasteiger partial charge in [0.2, 0.25) is 5.91 Å². The van der Waals surface area contributed by atoms with Crippen molar-refractivity contribution < 1.29 is 9.53 Å². The van der Waals surface area contributed by atoms with Crippen LogP contribution < -0.4 is 5.73 Å². The van der Waals surface area contributed by atoms with E-state index in [-0.39, 0.29) is 12.0 Å². The summed E-state index contributed by atoms with van der Waals surface area (Å²) in [6, 6.07) is 9.42. The van der Waals surface area contributed by atoms with Crippen LogP contribution in [0.1, 0.15) is 12.0 Å². The SMILES string of the molecule is COC1CCN(C(=O)[C@H](N)Cc2ccccc2)C1. The summed E-state index contributed by atoms with van der Waals surface area (Å²) in [5.41, 5.74) is 7.08. The lowest BCUT2D eigenvalue weighted by Gasteiger charge is -2.20. The molecule has 4 heteroatoms. The van der Waals surface area contributed by atoms with Gasteiger partial charge in [-0.25, -0.2) is 0 Å². The molecule has 2 rings (SSSR count). The maximum atomic E-state index is 12.2. The molecule has 2 atom stereocenters. The smallest absolute Gasteiger partial charge is 0.239 e. The number of nitrogens with two attached hydrogens (primary N) is 1. The number of carbonyl (C=O) groups is 1. The fraction of sp³-hybridized carbons (Fsp3) is 0.500. The normalized spacial score (nSPS) is 21.0. The van der Waals surface area contributed by atoms with Gasteiger partial charge in [0.15, 0.2) is 0 Å². The number of nitrogens with zero attached hydrogens (tertiary/aromatic N) is 1. The van der Waals surface area contributed by atoms with Crippen LogP contribution in [-0.4, -0.2) is 43.2 Å². The maximum absolute atomic E-state index is 12.2. The number of hydrogen-bond acceptors (Lipinski definition) is 3. The Morgan fingerprint density at radius 3 is 2.83 bits per heavy atom. The molecule has 0 bridgehead atoms. The van der Waals surface area contributed by atoms with Gasteiger partial charge in [-0.05, 0) is 18.4 Å². The number of amides is 1. The molecule has 1 aliphatic rings. The molecule has 1 aromatic carbocycles. The number of methoxy groups -OCH3 is 1. The quantitative estimate of drug-likeness (QED) is 0.857. The van der Waals surface area contributed by atoms with E-state index in [4.69, 9.17) is 10.5 Å². The van der Waals surface area contributed by atoms with Gasteiger partial charge in [0.1, 0.15) is 0 Å². The Hall–Kier alpha value is -1.39. The van der Waals surface area contributed by atoms with E-state index in [1.54, 1.807) is 7.11 Å². The average Bonchev–Trinajstić information content (AvgIpc) is 2.87. The standard InChI is InChI=1S/C14H20N2O2/c1-18-12-7-8-16(10-12)14(17)13(15)9-11-5-3-2-4-6-11/h2-6,12-13H,7-10,15H2,1H3/t12?,13-/m1/s1. The van der Waals surface area contributed by atoms with Crippen LogP contribution >= 0.6 is 0 Å². The summed E-state index contributed by atoms with van der Waals surface area (Å²) in [6.07, 6.45) is 1.66. The summed E-state index contributed by atoms with van der Waals surface area (Å²) in [5, 5.41) is 0. The molecule has 0 radical (unpaired) electrons. The van der Waals surface area contributed by atoms with E-state index in [0.29, 0.717) is 13.0 Å². The third-order valence-corrected chi connectivity index (χ3v) is 3.41. The number of hydrogen-bond donors (Lipinski definition) is 1. The Kier molecular flexibility index (Phi) is 4.33. The van der Waals surface area contributed by atoms with Crippen molar-refractivity contribution in [1.82, 2.24) is 4.90 Å². The number of rotatable bonds is 4. The van der Waals surface area contributed by atoms with Gasteiger partial charge in [0.25, 0.3) is 0 Å². The predicted octanol–water partition coefficient (Wildman–Crippen LogP) is 0.804. The Morgan fingerprint density at radius 1 is 1.50 bits per heavy atom. The minimum absolute atomic E-state index is 0.0263. The Bertz CT molecular complexity index is 394. The molecule has 18 heavy (non-hydrogen) atoms. The molecule has 4 nitrogen and oxygen atoms in total. The summed E-state index contributed by atoms with van der Waals surface area (Å²) < 4.78 is 5.25. The highest BCUT2D eigenvalue weighted by Gasteiger charge is 2.29. The number of carbonyl (C=O) groups excluding carboxylic acids is 1. The minimum Gasteiger partial charge on any atom is -0.380 e. The van der Waals surface area contributed by atoms with E-state index in [9.17, 15) is 4.79 Å². The fourth-order valence-corrected chi connectivity index (χ4v) is 2.31. The zero-order valence-corrected chi connectivity index (χ0v) is 10.7. The third-order valence-electron chi connectivity index (χ3n) is 3.41. The third kappa shape index (κ3) is 3.09. The van der Waals surface area contributed by atoms with Crippen molar-refractivity contribution in [3.63, 3.8) is 0 Å². The highest BCUT2D eigenvalue weighted by Crippen LogP contribution is 2.13. The zero-order valence-electron chi connectivity index (χ0n) is 10.7. The van der Waals surface area contributed by atoms with E-state index in [2.05, 4.69) is 0 Å². The first-order valence-corrected chi connectivity index (χ1v) is 6.32. The van der Waals surface area contributed by atoms with Crippen molar-refractivity contribution >= 4 is 5.91 Å². The average molecular weight is 248 g/mol. The molecule has 0 spiro atoms. The fourth-order valence-electron chi connectivity index (χ4n) is 2.31. The van der Waals surface area contributed by atoms with Gasteiger partial charge in [-0.3, -0.25) is 4.79 Å². The lowest BCUT2D eigenvalue weighted by molar-refractivity contribution is -0.131. The summed E-state index contributed by atoms with van der Waals surface area (Å²) in [5.74, 6) is 0.0263. The van der Waals surface area contributed by atoms with Crippen molar-refractivity contribution in [2.24, 2.45) is 5.73 Å². The second-order valence-electron chi connectivity index (χ2n) is 4.73. The van der Waals surface area contributed by atoms with Crippen molar-refractivity contribution in [2.45, 2.75) is 25.0 Å². The van der Waals surface area contributed by atoms with Crippen LogP contribution in [0, 0.1) is 0 Å². The molecular weight excluding hydrogens is 228 g/mol. The van der Waals surface area contributed by atoms with Crippen molar-refractivity contribution in [1.29, 1.82) is 0 Å². The first-order chi connectivity index (χ1) is 8.70. The Balaban J connectivity index is 1.89. The van der Waals surface area contributed by atoms with Gasteiger partial charge in [-0.15, -0.1) is 0 Å². The lowest BCUT2D eigenvalue weighted by atomic mass is 10.1. The van der Waals surface area contributed by atoms with Crippen LogP contribution in [0.3, 0.4) is 0 Å². The van der Waals surface area contributed by atoms with Gasteiger partial charge >= 0.3 is 0 Å². The first-order valence-electron chi connectivity index (χ1n) is 6.32. The molecule has 1 aromatic rings. The van der Waals surface area contributed by atoms with Crippen molar-refractivity contribution in [2.75, 3.05) is 20.2 Å². The van der Waals surface area contributed by atoms with E-state index in [0.717, 1.165) is 18.5 Å². The molecule has 0 aromatic heterocycles. The molecule has 1 heterocycles. The Labute approximate surface area is 108 Å². The topological polar surface area (TPSA) is 55.6 Å². The second-order valence-corrected chi connectivity index (χ2v) is 4.73. The number of likely N-dealkylation sites (tertiary alicyclic amines) is 1. The zero-order chi connectivity index (χ0) is 13.0. The summed E-state index contributed by atoms with van der Waals surface area (Å²) in [6.45, 7) is 1.41. The maximum Gasteiger partial charge on any atom is 0.239 e. The molecule has 98 valence electrons. The summed E-state index contributed by atoms with van der Waals surface area (Å²) >= 11 is 0. The van der Waals surface area contributed by atoms with Gasteiger partial charge in [-0.2, -0.15) is 0 Å². The van der Waals surface area contributed by atoms with Gasteiger partial charge in [0.05, 0.1) is 12.1 Å². The first kappa shape index (κ1) is 13.1. The highest BCUT2D eigenvalue weighted by atomic mass is 16.5. The van der Waals surface area contributed by atoms with Gasteiger partial charge in [-0.1, -0.05) is 30.3 Å². The number of benzene rings is 1. The van der Waals surface area contributed by atoms with Crippen molar-refractivity contribution in [3.05, 3.63) is 35.9 Å². The van der Waals surface area contributed by atoms with Gasteiger partial charge < -0.3 is 15.4 Å². The van der Waals surface area contributed by atoms with Crippen LogP contribution in [-0.2, 0) is 16.0 Å². The van der Waals surface area contributed by atoms with Crippen LogP contribution in [0.2, 0.25) is 0 Å². The minimum atomic E-state index is -0.456. The molecule has 1 aliphatic heterocycles. The Morgan fingerprint density at radius 2 is 2.22 bits per heavy atom. The number of ether oxygens (including phenoxy) is 1. The van der Waals surface area contributed by atoms with E-state index >= 15 is 0 Å². The molecule has 0 aliphatic carbocycles. The summed E-state index contributed by atoms with van der Waals surface area (Å²) in [7, 11) is 1.68. The van der Waals surface area contributed by atoms with Crippen LogP contribution in [0.25, 0.3) is 0 Å². The van der Waals surface area contributed by atoms with Gasteiger partial charge in [0, 0.05) is 20.2 Å².